The molecule has 0 heterocycles. The summed E-state index contributed by atoms with van der Waals surface area (Å²) in [5, 5.41) is 0.182. The maximum Gasteiger partial charge on any atom is 0.160 e. The second-order valence-electron chi connectivity index (χ2n) is 3.70. The molecule has 0 fully saturated rings. The maximum absolute atomic E-state index is 13.0. The van der Waals surface area contributed by atoms with Gasteiger partial charge in [0.15, 0.2) is 11.6 Å². The van der Waals surface area contributed by atoms with E-state index < -0.39 is 11.6 Å². The van der Waals surface area contributed by atoms with Crippen molar-refractivity contribution >= 4 is 11.6 Å². The van der Waals surface area contributed by atoms with Gasteiger partial charge < -0.3 is 5.73 Å². The zero-order chi connectivity index (χ0) is 11.6. The summed E-state index contributed by atoms with van der Waals surface area (Å²) in [6, 6.07) is 1.68. The first-order valence-corrected chi connectivity index (χ1v) is 5.25. The van der Waals surface area contributed by atoms with Crippen molar-refractivity contribution in [1.29, 1.82) is 0 Å². The van der Waals surface area contributed by atoms with Crippen molar-refractivity contribution in [2.75, 3.05) is 0 Å². The monoisotopic (exact) mass is 233 g/mol. The van der Waals surface area contributed by atoms with Gasteiger partial charge in [0.1, 0.15) is 0 Å². The Kier molecular flexibility index (Phi) is 4.05. The van der Waals surface area contributed by atoms with Crippen LogP contribution in [0.1, 0.15) is 31.9 Å². The third-order valence-corrected chi connectivity index (χ3v) is 2.98. The van der Waals surface area contributed by atoms with Gasteiger partial charge in [-0.2, -0.15) is 0 Å². The fourth-order valence-corrected chi connectivity index (χ4v) is 1.63. The van der Waals surface area contributed by atoms with Gasteiger partial charge in [0.05, 0.1) is 0 Å². The number of benzene rings is 1. The van der Waals surface area contributed by atoms with Crippen LogP contribution < -0.4 is 5.73 Å². The van der Waals surface area contributed by atoms with Crippen LogP contribution in [0.15, 0.2) is 12.1 Å². The van der Waals surface area contributed by atoms with E-state index in [-0.39, 0.29) is 17.0 Å². The summed E-state index contributed by atoms with van der Waals surface area (Å²) in [7, 11) is 0. The van der Waals surface area contributed by atoms with Crippen LogP contribution in [0.2, 0.25) is 5.02 Å². The van der Waals surface area contributed by atoms with Crippen LogP contribution in [0.5, 0.6) is 0 Å². The molecule has 1 aromatic carbocycles. The molecule has 0 bridgehead atoms. The van der Waals surface area contributed by atoms with Crippen molar-refractivity contribution in [3.05, 3.63) is 34.4 Å². The lowest BCUT2D eigenvalue weighted by Gasteiger charge is -2.20. The van der Waals surface area contributed by atoms with E-state index >= 15 is 0 Å². The van der Waals surface area contributed by atoms with Crippen molar-refractivity contribution in [2.45, 2.75) is 26.3 Å². The van der Waals surface area contributed by atoms with E-state index in [9.17, 15) is 8.78 Å². The lowest BCUT2D eigenvalue weighted by molar-refractivity contribution is 0.450. The molecule has 84 valence electrons. The molecule has 0 aliphatic carbocycles. The van der Waals surface area contributed by atoms with Gasteiger partial charge in [-0.25, -0.2) is 8.78 Å². The van der Waals surface area contributed by atoms with E-state index in [0.29, 0.717) is 5.56 Å². The van der Waals surface area contributed by atoms with Gasteiger partial charge in [0.2, 0.25) is 0 Å². The minimum Gasteiger partial charge on any atom is -0.324 e. The summed E-state index contributed by atoms with van der Waals surface area (Å²) >= 11 is 5.81. The quantitative estimate of drug-likeness (QED) is 0.793. The lowest BCUT2D eigenvalue weighted by atomic mass is 9.93. The van der Waals surface area contributed by atoms with E-state index in [2.05, 4.69) is 0 Å². The predicted molar refractivity (Wildman–Crippen MR) is 57.8 cm³/mol. The van der Waals surface area contributed by atoms with Crippen molar-refractivity contribution in [1.82, 2.24) is 0 Å². The molecule has 0 saturated heterocycles. The molecule has 0 aromatic heterocycles. The zero-order valence-electron chi connectivity index (χ0n) is 8.73. The fourth-order valence-electron chi connectivity index (χ4n) is 1.35. The third-order valence-electron chi connectivity index (χ3n) is 2.66. The Morgan fingerprint density at radius 2 is 1.87 bits per heavy atom. The molecular formula is C11H14ClF2N. The molecule has 0 saturated carbocycles. The molecular weight excluding hydrogens is 220 g/mol. The van der Waals surface area contributed by atoms with E-state index in [1.165, 1.54) is 0 Å². The molecule has 1 rings (SSSR count). The summed E-state index contributed by atoms with van der Waals surface area (Å²) in [5.41, 5.74) is 6.36. The molecule has 0 aliphatic heterocycles. The van der Waals surface area contributed by atoms with E-state index in [1.54, 1.807) is 0 Å². The van der Waals surface area contributed by atoms with Crippen molar-refractivity contribution in [3.8, 4) is 0 Å². The normalized spacial score (nSPS) is 15.1. The fraction of sp³-hybridized carbons (Fsp3) is 0.455. The average Bonchev–Trinajstić information content (AvgIpc) is 2.21. The van der Waals surface area contributed by atoms with Crippen LogP contribution in [-0.4, -0.2) is 0 Å². The largest absolute Gasteiger partial charge is 0.324 e. The third kappa shape index (κ3) is 2.67. The second-order valence-corrected chi connectivity index (χ2v) is 4.11. The Labute approximate surface area is 93.2 Å². The van der Waals surface area contributed by atoms with Crippen molar-refractivity contribution in [2.24, 2.45) is 11.7 Å². The molecule has 2 N–H and O–H groups in total. The minimum absolute atomic E-state index is 0.173. The maximum atomic E-state index is 13.0. The van der Waals surface area contributed by atoms with Crippen LogP contribution in [0.25, 0.3) is 0 Å². The first-order valence-electron chi connectivity index (χ1n) is 4.87. The molecule has 0 aliphatic rings. The smallest absolute Gasteiger partial charge is 0.160 e. The summed E-state index contributed by atoms with van der Waals surface area (Å²) < 4.78 is 25.8. The number of hydrogen-bond donors (Lipinski definition) is 1. The summed E-state index contributed by atoms with van der Waals surface area (Å²) in [6.07, 6.45) is 0.858. The summed E-state index contributed by atoms with van der Waals surface area (Å²) in [6.45, 7) is 3.93. The minimum atomic E-state index is -0.944. The Morgan fingerprint density at radius 1 is 1.33 bits per heavy atom. The highest BCUT2D eigenvalue weighted by Crippen LogP contribution is 2.29. The van der Waals surface area contributed by atoms with Gasteiger partial charge >= 0.3 is 0 Å². The summed E-state index contributed by atoms with van der Waals surface area (Å²) in [4.78, 5) is 0. The molecule has 1 nitrogen and oxygen atoms in total. The van der Waals surface area contributed by atoms with Crippen molar-refractivity contribution in [3.63, 3.8) is 0 Å². The predicted octanol–water partition coefficient (Wildman–Crippen LogP) is 3.66. The highest BCUT2D eigenvalue weighted by Gasteiger charge is 2.18. The molecule has 15 heavy (non-hydrogen) atoms. The molecule has 2 unspecified atom stereocenters. The highest BCUT2D eigenvalue weighted by atomic mass is 35.5. The van der Waals surface area contributed by atoms with E-state index in [4.69, 9.17) is 17.3 Å². The first kappa shape index (κ1) is 12.4. The molecule has 2 atom stereocenters. The second kappa shape index (κ2) is 4.90. The van der Waals surface area contributed by atoms with Crippen LogP contribution in [0, 0.1) is 17.6 Å². The number of nitrogens with two attached hydrogens (primary N) is 1. The van der Waals surface area contributed by atoms with E-state index in [0.717, 1.165) is 18.6 Å². The van der Waals surface area contributed by atoms with Crippen LogP contribution >= 0.6 is 11.6 Å². The zero-order valence-corrected chi connectivity index (χ0v) is 9.48. The number of hydrogen-bond acceptors (Lipinski definition) is 1. The summed E-state index contributed by atoms with van der Waals surface area (Å²) in [5.74, 6) is -1.68. The van der Waals surface area contributed by atoms with Crippen LogP contribution in [0.3, 0.4) is 0 Å². The Bertz CT molecular complexity index is 355. The average molecular weight is 234 g/mol. The van der Waals surface area contributed by atoms with Gasteiger partial charge in [-0.3, -0.25) is 0 Å². The molecule has 4 heteroatoms. The van der Waals surface area contributed by atoms with Crippen LogP contribution in [0.4, 0.5) is 8.78 Å². The lowest BCUT2D eigenvalue weighted by Crippen LogP contribution is -2.19. The SMILES string of the molecule is CCC(C)C(N)c1cc(F)c(F)cc1Cl. The molecule has 0 radical (unpaired) electrons. The Balaban J connectivity index is 3.09. The van der Waals surface area contributed by atoms with Gasteiger partial charge in [-0.05, 0) is 23.6 Å². The van der Waals surface area contributed by atoms with Gasteiger partial charge in [0.25, 0.3) is 0 Å². The Hall–Kier alpha value is -0.670. The number of halogens is 3. The molecule has 0 spiro atoms. The molecule has 0 amide bonds. The van der Waals surface area contributed by atoms with Crippen molar-refractivity contribution < 1.29 is 8.78 Å². The highest BCUT2D eigenvalue weighted by molar-refractivity contribution is 6.31. The van der Waals surface area contributed by atoms with Gasteiger partial charge in [-0.1, -0.05) is 31.9 Å². The van der Waals surface area contributed by atoms with E-state index in [1.807, 2.05) is 13.8 Å². The topological polar surface area (TPSA) is 26.0 Å². The van der Waals surface area contributed by atoms with Gasteiger partial charge in [0, 0.05) is 11.1 Å². The molecule has 1 aromatic rings. The standard InChI is InChI=1S/C11H14ClF2N/c1-3-6(2)11(15)7-4-9(13)10(14)5-8(7)12/h4-6,11H,3,15H2,1-2H3. The van der Waals surface area contributed by atoms with Gasteiger partial charge in [-0.15, -0.1) is 0 Å². The first-order chi connectivity index (χ1) is 6.97. The Morgan fingerprint density at radius 3 is 2.40 bits per heavy atom. The van der Waals surface area contributed by atoms with Crippen LogP contribution in [-0.2, 0) is 0 Å². The number of rotatable bonds is 3.